The first-order valence-electron chi connectivity index (χ1n) is 16.6. The molecule has 1 heterocycles. The van der Waals surface area contributed by atoms with Gasteiger partial charge in [-0.3, -0.25) is 0 Å². The molecule has 51 heavy (non-hydrogen) atoms. The summed E-state index contributed by atoms with van der Waals surface area (Å²) < 4.78 is 2.19. The molecule has 0 aliphatic rings. The lowest BCUT2D eigenvalue weighted by molar-refractivity contribution is 1.18. The SMILES string of the molecule is [C-]#[N+]c1ccc(-n2c3ccc(C#N)cc3c3cc([N+]#[C-])ccc32)c(-c2cccc(-c3c4ccccc4c(-c4ccccc4)c4ccccc34)c2)c1. The molecule has 8 aromatic carbocycles. The molecule has 4 heteroatoms. The Morgan fingerprint density at radius 2 is 0.980 bits per heavy atom. The van der Waals surface area contributed by atoms with Gasteiger partial charge in [-0.05, 0) is 109 Å². The van der Waals surface area contributed by atoms with E-state index in [1.165, 1.54) is 32.7 Å². The third kappa shape index (κ3) is 4.74. The lowest BCUT2D eigenvalue weighted by Crippen LogP contribution is -1.97. The first-order valence-corrected chi connectivity index (χ1v) is 16.6. The van der Waals surface area contributed by atoms with Crippen molar-refractivity contribution in [3.05, 3.63) is 186 Å². The van der Waals surface area contributed by atoms with Crippen LogP contribution in [0.3, 0.4) is 0 Å². The van der Waals surface area contributed by atoms with E-state index in [0.717, 1.165) is 49.7 Å². The van der Waals surface area contributed by atoms with Crippen LogP contribution in [-0.4, -0.2) is 4.57 Å². The zero-order chi connectivity index (χ0) is 34.5. The van der Waals surface area contributed by atoms with Gasteiger partial charge in [-0.1, -0.05) is 109 Å². The van der Waals surface area contributed by atoms with Crippen LogP contribution in [0.1, 0.15) is 5.56 Å². The van der Waals surface area contributed by atoms with Crippen molar-refractivity contribution in [2.75, 3.05) is 0 Å². The Hall–Kier alpha value is -7.45. The molecule has 4 nitrogen and oxygen atoms in total. The Bertz CT molecular complexity index is 2870. The van der Waals surface area contributed by atoms with Crippen molar-refractivity contribution in [3.63, 3.8) is 0 Å². The number of hydrogen-bond donors (Lipinski definition) is 0. The lowest BCUT2D eigenvalue weighted by atomic mass is 9.85. The summed E-state index contributed by atoms with van der Waals surface area (Å²) in [5.74, 6) is 0. The van der Waals surface area contributed by atoms with E-state index >= 15 is 0 Å². The van der Waals surface area contributed by atoms with Crippen LogP contribution in [0.25, 0.3) is 92.1 Å². The summed E-state index contributed by atoms with van der Waals surface area (Å²) in [6.45, 7) is 15.6. The Balaban J connectivity index is 1.32. The molecule has 0 saturated heterocycles. The summed E-state index contributed by atoms with van der Waals surface area (Å²) in [4.78, 5) is 7.51. The molecule has 9 rings (SSSR count). The van der Waals surface area contributed by atoms with Gasteiger partial charge in [-0.15, -0.1) is 0 Å². The fourth-order valence-electron chi connectivity index (χ4n) is 7.63. The van der Waals surface area contributed by atoms with Gasteiger partial charge in [0.25, 0.3) is 0 Å². The minimum atomic E-state index is 0.540. The largest absolute Gasteiger partial charge is 0.309 e. The van der Waals surface area contributed by atoms with Crippen molar-refractivity contribution in [1.29, 1.82) is 5.26 Å². The Labute approximate surface area is 294 Å². The smallest absolute Gasteiger partial charge is 0.188 e. The minimum absolute atomic E-state index is 0.540. The highest BCUT2D eigenvalue weighted by Crippen LogP contribution is 2.45. The van der Waals surface area contributed by atoms with E-state index in [0.29, 0.717) is 16.9 Å². The van der Waals surface area contributed by atoms with E-state index in [9.17, 15) is 5.26 Å². The maximum absolute atomic E-state index is 9.74. The molecular formula is C47H26N4. The van der Waals surface area contributed by atoms with Crippen molar-refractivity contribution >= 4 is 54.7 Å². The maximum Gasteiger partial charge on any atom is 0.188 e. The van der Waals surface area contributed by atoms with E-state index in [1.54, 1.807) is 0 Å². The minimum Gasteiger partial charge on any atom is -0.309 e. The molecule has 0 aliphatic heterocycles. The number of rotatable bonds is 4. The highest BCUT2D eigenvalue weighted by atomic mass is 15.0. The summed E-state index contributed by atoms with van der Waals surface area (Å²) in [6, 6.07) is 56.0. The fourth-order valence-corrected chi connectivity index (χ4v) is 7.63. The normalized spacial score (nSPS) is 11.1. The second-order valence-corrected chi connectivity index (χ2v) is 12.6. The van der Waals surface area contributed by atoms with Gasteiger partial charge in [0.15, 0.2) is 11.4 Å². The zero-order valence-corrected chi connectivity index (χ0v) is 27.3. The van der Waals surface area contributed by atoms with Gasteiger partial charge in [-0.2, -0.15) is 5.26 Å². The molecule has 9 aromatic rings. The van der Waals surface area contributed by atoms with Crippen molar-refractivity contribution in [1.82, 2.24) is 4.57 Å². The Morgan fingerprint density at radius 3 is 1.63 bits per heavy atom. The molecule has 0 spiro atoms. The second kappa shape index (κ2) is 11.9. The van der Waals surface area contributed by atoms with Crippen LogP contribution >= 0.6 is 0 Å². The molecule has 0 fully saturated rings. The molecule has 234 valence electrons. The number of nitriles is 1. The van der Waals surface area contributed by atoms with Crippen LogP contribution in [0.2, 0.25) is 0 Å². The monoisotopic (exact) mass is 646 g/mol. The molecular weight excluding hydrogens is 621 g/mol. The number of nitrogens with zero attached hydrogens (tertiary/aromatic N) is 4. The van der Waals surface area contributed by atoms with Crippen molar-refractivity contribution in [3.8, 4) is 45.1 Å². The van der Waals surface area contributed by atoms with E-state index in [2.05, 4.69) is 123 Å². The van der Waals surface area contributed by atoms with E-state index < -0.39 is 0 Å². The van der Waals surface area contributed by atoms with Gasteiger partial charge in [-0.25, -0.2) is 9.69 Å². The topological polar surface area (TPSA) is 37.4 Å². The maximum atomic E-state index is 9.74. The third-order valence-corrected chi connectivity index (χ3v) is 9.81. The Kier molecular flexibility index (Phi) is 6.93. The highest BCUT2D eigenvalue weighted by molar-refractivity contribution is 6.21. The van der Waals surface area contributed by atoms with Crippen molar-refractivity contribution in [2.24, 2.45) is 0 Å². The van der Waals surface area contributed by atoms with Gasteiger partial charge in [0, 0.05) is 5.39 Å². The summed E-state index contributed by atoms with van der Waals surface area (Å²) in [5.41, 5.74) is 11.0. The molecule has 0 N–H and O–H groups in total. The van der Waals surface area contributed by atoms with E-state index in [1.807, 2.05) is 54.6 Å². The van der Waals surface area contributed by atoms with Gasteiger partial charge in [0.05, 0.1) is 41.5 Å². The number of hydrogen-bond acceptors (Lipinski definition) is 1. The first-order chi connectivity index (χ1) is 25.2. The van der Waals surface area contributed by atoms with Crippen LogP contribution < -0.4 is 0 Å². The summed E-state index contributed by atoms with van der Waals surface area (Å²) in [7, 11) is 0. The van der Waals surface area contributed by atoms with Crippen LogP contribution in [0.5, 0.6) is 0 Å². The van der Waals surface area contributed by atoms with Crippen molar-refractivity contribution < 1.29 is 0 Å². The number of benzene rings is 8. The average molecular weight is 647 g/mol. The Morgan fingerprint density at radius 1 is 0.451 bits per heavy atom. The van der Waals surface area contributed by atoms with E-state index in [-0.39, 0.29) is 0 Å². The summed E-state index contributed by atoms with van der Waals surface area (Å²) >= 11 is 0. The predicted octanol–water partition coefficient (Wildman–Crippen LogP) is 13.1. The van der Waals surface area contributed by atoms with Gasteiger partial charge < -0.3 is 4.57 Å². The molecule has 0 radical (unpaired) electrons. The molecule has 0 amide bonds. The van der Waals surface area contributed by atoms with Crippen molar-refractivity contribution in [2.45, 2.75) is 0 Å². The van der Waals surface area contributed by atoms with Gasteiger partial charge >= 0.3 is 0 Å². The van der Waals surface area contributed by atoms with Crippen LogP contribution in [0.15, 0.2) is 158 Å². The molecule has 1 aromatic heterocycles. The third-order valence-electron chi connectivity index (χ3n) is 9.81. The average Bonchev–Trinajstić information content (AvgIpc) is 3.52. The van der Waals surface area contributed by atoms with Crippen LogP contribution in [0.4, 0.5) is 11.4 Å². The number of aromatic nitrogens is 1. The summed E-state index contributed by atoms with van der Waals surface area (Å²) in [5, 5.41) is 16.3. The summed E-state index contributed by atoms with van der Waals surface area (Å²) in [6.07, 6.45) is 0. The molecule has 0 unspecified atom stereocenters. The highest BCUT2D eigenvalue weighted by Gasteiger charge is 2.20. The molecule has 0 atom stereocenters. The molecule has 0 saturated carbocycles. The quantitative estimate of drug-likeness (QED) is 0.138. The van der Waals surface area contributed by atoms with Crippen LogP contribution in [0, 0.1) is 24.5 Å². The van der Waals surface area contributed by atoms with Crippen LogP contribution in [-0.2, 0) is 0 Å². The molecule has 0 aliphatic carbocycles. The standard InChI is InChI=1S/C47H26N4/c1-49-34-20-23-43(51-44-22-19-30(29-48)25-41(44)42-28-35(50-2)21-24-45(42)51)40(27-34)32-13-10-14-33(26-32)47-38-17-8-6-15-36(38)46(31-11-4-3-5-12-31)37-16-7-9-18-39(37)47/h3-28H. The first kappa shape index (κ1) is 29.7. The number of fused-ring (bicyclic) bond motifs is 5. The van der Waals surface area contributed by atoms with Gasteiger partial charge in [0.2, 0.25) is 0 Å². The predicted molar refractivity (Wildman–Crippen MR) is 209 cm³/mol. The fraction of sp³-hybridized carbons (Fsp3) is 0. The zero-order valence-electron chi connectivity index (χ0n) is 27.3. The van der Waals surface area contributed by atoms with Gasteiger partial charge in [0.1, 0.15) is 0 Å². The second-order valence-electron chi connectivity index (χ2n) is 12.6. The van der Waals surface area contributed by atoms with E-state index in [4.69, 9.17) is 13.1 Å². The lowest BCUT2D eigenvalue weighted by Gasteiger charge is -2.19. The molecule has 0 bridgehead atoms.